The summed E-state index contributed by atoms with van der Waals surface area (Å²) in [5.74, 6) is 0. The average molecular weight is 298 g/mol. The zero-order chi connectivity index (χ0) is 15.8. The lowest BCUT2D eigenvalue weighted by atomic mass is 10.2. The Bertz CT molecular complexity index is 756. The lowest BCUT2D eigenvalue weighted by Crippen LogP contribution is -2.39. The molecule has 0 aliphatic rings. The van der Waals surface area contributed by atoms with Gasteiger partial charge in [0.1, 0.15) is 0 Å². The fraction of sp³-hybridized carbons (Fsp3) is 0.286. The van der Waals surface area contributed by atoms with Crippen LogP contribution in [0.15, 0.2) is 46.1 Å². The summed E-state index contributed by atoms with van der Waals surface area (Å²) < 4.78 is 39.7. The standard InChI is InChI=1S/C14H13F3N2O2/c1-9(2)19-12(20)7-8-18(13(19)21)11-5-3-10(4-6-11)14(15,16)17/h3-9H,1-2H3. The molecule has 112 valence electrons. The fourth-order valence-corrected chi connectivity index (χ4v) is 1.98. The zero-order valence-corrected chi connectivity index (χ0v) is 11.4. The van der Waals surface area contributed by atoms with Gasteiger partial charge in [0.15, 0.2) is 0 Å². The van der Waals surface area contributed by atoms with Gasteiger partial charge < -0.3 is 0 Å². The molecule has 0 bridgehead atoms. The molecule has 0 saturated carbocycles. The van der Waals surface area contributed by atoms with Crippen LogP contribution in [0.1, 0.15) is 25.5 Å². The van der Waals surface area contributed by atoms with E-state index in [0.29, 0.717) is 0 Å². The Hall–Kier alpha value is -2.31. The number of benzene rings is 1. The molecule has 0 amide bonds. The third-order valence-corrected chi connectivity index (χ3v) is 3.00. The number of aromatic nitrogens is 2. The maximum Gasteiger partial charge on any atom is 0.416 e. The smallest absolute Gasteiger partial charge is 0.269 e. The minimum Gasteiger partial charge on any atom is -0.269 e. The van der Waals surface area contributed by atoms with Crippen LogP contribution in [0.3, 0.4) is 0 Å². The highest BCUT2D eigenvalue weighted by molar-refractivity contribution is 5.35. The van der Waals surface area contributed by atoms with E-state index >= 15 is 0 Å². The summed E-state index contributed by atoms with van der Waals surface area (Å²) in [6.45, 7) is 3.36. The van der Waals surface area contributed by atoms with Crippen molar-refractivity contribution in [1.29, 1.82) is 0 Å². The molecule has 0 N–H and O–H groups in total. The number of nitrogens with zero attached hydrogens (tertiary/aromatic N) is 2. The van der Waals surface area contributed by atoms with Crippen LogP contribution in [0.25, 0.3) is 5.69 Å². The Morgan fingerprint density at radius 1 is 1.00 bits per heavy atom. The third kappa shape index (κ3) is 2.91. The number of hydrogen-bond acceptors (Lipinski definition) is 2. The van der Waals surface area contributed by atoms with E-state index in [1.54, 1.807) is 13.8 Å². The summed E-state index contributed by atoms with van der Waals surface area (Å²) in [5.41, 5.74) is -1.56. The van der Waals surface area contributed by atoms with Crippen molar-refractivity contribution in [1.82, 2.24) is 9.13 Å². The predicted octanol–water partition coefficient (Wildman–Crippen LogP) is 2.60. The molecule has 21 heavy (non-hydrogen) atoms. The number of rotatable bonds is 2. The number of alkyl halides is 3. The molecule has 2 rings (SSSR count). The van der Waals surface area contributed by atoms with Crippen molar-refractivity contribution in [2.45, 2.75) is 26.1 Å². The first-order valence-corrected chi connectivity index (χ1v) is 6.23. The largest absolute Gasteiger partial charge is 0.416 e. The van der Waals surface area contributed by atoms with Crippen LogP contribution in [0, 0.1) is 0 Å². The Balaban J connectivity index is 2.56. The van der Waals surface area contributed by atoms with Crippen molar-refractivity contribution < 1.29 is 13.2 Å². The Kier molecular flexibility index (Phi) is 3.76. The van der Waals surface area contributed by atoms with Crippen molar-refractivity contribution in [2.75, 3.05) is 0 Å². The third-order valence-electron chi connectivity index (χ3n) is 3.00. The molecule has 0 saturated heterocycles. The summed E-state index contributed by atoms with van der Waals surface area (Å²) in [6.07, 6.45) is -3.17. The van der Waals surface area contributed by atoms with E-state index in [4.69, 9.17) is 0 Å². The van der Waals surface area contributed by atoms with Crippen LogP contribution in [0.5, 0.6) is 0 Å². The van der Waals surface area contributed by atoms with Gasteiger partial charge in [-0.25, -0.2) is 4.79 Å². The van der Waals surface area contributed by atoms with Gasteiger partial charge in [-0.3, -0.25) is 13.9 Å². The molecule has 2 aromatic rings. The Labute approximate surface area is 118 Å². The average Bonchev–Trinajstić information content (AvgIpc) is 2.37. The molecule has 0 fully saturated rings. The van der Waals surface area contributed by atoms with Crippen molar-refractivity contribution in [2.24, 2.45) is 0 Å². The molecule has 1 aromatic heterocycles. The summed E-state index contributed by atoms with van der Waals surface area (Å²) in [4.78, 5) is 23.9. The second-order valence-corrected chi connectivity index (χ2v) is 4.81. The van der Waals surface area contributed by atoms with Crippen LogP contribution in [0.4, 0.5) is 13.2 Å². The SMILES string of the molecule is CC(C)n1c(=O)ccn(-c2ccc(C(F)(F)F)cc2)c1=O. The molecular weight excluding hydrogens is 285 g/mol. The molecule has 0 aliphatic heterocycles. The van der Waals surface area contributed by atoms with Gasteiger partial charge in [0, 0.05) is 18.3 Å². The van der Waals surface area contributed by atoms with Gasteiger partial charge in [0.2, 0.25) is 0 Å². The lowest BCUT2D eigenvalue weighted by molar-refractivity contribution is -0.137. The first-order valence-electron chi connectivity index (χ1n) is 6.23. The highest BCUT2D eigenvalue weighted by Crippen LogP contribution is 2.29. The molecule has 0 radical (unpaired) electrons. The van der Waals surface area contributed by atoms with Crippen molar-refractivity contribution in [3.8, 4) is 5.69 Å². The van der Waals surface area contributed by atoms with Crippen LogP contribution in [-0.2, 0) is 6.18 Å². The van der Waals surface area contributed by atoms with Crippen molar-refractivity contribution in [3.05, 3.63) is 62.9 Å². The van der Waals surface area contributed by atoms with E-state index in [0.717, 1.165) is 21.3 Å². The highest BCUT2D eigenvalue weighted by atomic mass is 19.4. The second kappa shape index (κ2) is 5.23. The lowest BCUT2D eigenvalue weighted by Gasteiger charge is -2.13. The van der Waals surface area contributed by atoms with Gasteiger partial charge in [0.05, 0.1) is 11.3 Å². The number of hydrogen-bond donors (Lipinski definition) is 0. The predicted molar refractivity (Wildman–Crippen MR) is 71.7 cm³/mol. The van der Waals surface area contributed by atoms with E-state index in [1.165, 1.54) is 24.4 Å². The van der Waals surface area contributed by atoms with E-state index < -0.39 is 23.0 Å². The molecule has 4 nitrogen and oxygen atoms in total. The first-order chi connectivity index (χ1) is 9.71. The van der Waals surface area contributed by atoms with Crippen molar-refractivity contribution >= 4 is 0 Å². The normalized spacial score (nSPS) is 11.9. The van der Waals surface area contributed by atoms with Crippen LogP contribution in [0.2, 0.25) is 0 Å². The summed E-state index contributed by atoms with van der Waals surface area (Å²) in [7, 11) is 0. The highest BCUT2D eigenvalue weighted by Gasteiger charge is 2.30. The summed E-state index contributed by atoms with van der Waals surface area (Å²) in [5, 5.41) is 0. The monoisotopic (exact) mass is 298 g/mol. The van der Waals surface area contributed by atoms with Gasteiger partial charge in [-0.1, -0.05) is 0 Å². The maximum absolute atomic E-state index is 12.5. The van der Waals surface area contributed by atoms with E-state index in [-0.39, 0.29) is 11.7 Å². The topological polar surface area (TPSA) is 44.0 Å². The molecular formula is C14H13F3N2O2. The zero-order valence-electron chi connectivity index (χ0n) is 11.4. The second-order valence-electron chi connectivity index (χ2n) is 4.81. The van der Waals surface area contributed by atoms with Gasteiger partial charge in [-0.15, -0.1) is 0 Å². The maximum atomic E-state index is 12.5. The quantitative estimate of drug-likeness (QED) is 0.855. The molecule has 0 spiro atoms. The van der Waals surface area contributed by atoms with E-state index in [9.17, 15) is 22.8 Å². The number of halogens is 3. The first kappa shape index (κ1) is 15.1. The Morgan fingerprint density at radius 3 is 2.05 bits per heavy atom. The van der Waals surface area contributed by atoms with Gasteiger partial charge in [0.25, 0.3) is 5.56 Å². The summed E-state index contributed by atoms with van der Waals surface area (Å²) in [6, 6.07) is 5.05. The van der Waals surface area contributed by atoms with Crippen molar-refractivity contribution in [3.63, 3.8) is 0 Å². The Morgan fingerprint density at radius 2 is 1.57 bits per heavy atom. The van der Waals surface area contributed by atoms with Crippen LogP contribution < -0.4 is 11.2 Å². The van der Waals surface area contributed by atoms with Gasteiger partial charge >= 0.3 is 11.9 Å². The molecule has 1 aromatic carbocycles. The molecule has 0 aliphatic carbocycles. The molecule has 0 unspecified atom stereocenters. The van der Waals surface area contributed by atoms with Gasteiger partial charge in [-0.05, 0) is 38.1 Å². The minimum absolute atomic E-state index is 0.266. The molecule has 0 atom stereocenters. The van der Waals surface area contributed by atoms with Gasteiger partial charge in [-0.2, -0.15) is 13.2 Å². The fourth-order valence-electron chi connectivity index (χ4n) is 1.98. The minimum atomic E-state index is -4.43. The van der Waals surface area contributed by atoms with Crippen LogP contribution >= 0.6 is 0 Å². The van der Waals surface area contributed by atoms with E-state index in [2.05, 4.69) is 0 Å². The summed E-state index contributed by atoms with van der Waals surface area (Å²) >= 11 is 0. The van der Waals surface area contributed by atoms with E-state index in [1.807, 2.05) is 0 Å². The molecule has 7 heteroatoms. The molecule has 1 heterocycles. The van der Waals surface area contributed by atoms with Crippen LogP contribution in [-0.4, -0.2) is 9.13 Å².